The summed E-state index contributed by atoms with van der Waals surface area (Å²) < 4.78 is 0. The van der Waals surface area contributed by atoms with E-state index in [4.69, 9.17) is 5.26 Å². The molecule has 0 rings (SSSR count). The molecule has 0 saturated carbocycles. The van der Waals surface area contributed by atoms with Crippen molar-refractivity contribution in [2.75, 3.05) is 0 Å². The summed E-state index contributed by atoms with van der Waals surface area (Å²) in [5, 5.41) is 7.78. The fraction of sp³-hybridized carbons (Fsp3) is 0.833. The molecule has 0 aliphatic heterocycles. The van der Waals surface area contributed by atoms with Crippen LogP contribution in [0.25, 0.3) is 0 Å². The molecule has 0 heterocycles. The summed E-state index contributed by atoms with van der Waals surface area (Å²) in [7, 11) is 0. The van der Waals surface area contributed by atoms with Crippen LogP contribution in [0.4, 0.5) is 0 Å². The van der Waals surface area contributed by atoms with Crippen LogP contribution in [0.15, 0.2) is 0 Å². The van der Waals surface area contributed by atoms with Crippen molar-refractivity contribution < 1.29 is 36.7 Å². The van der Waals surface area contributed by atoms with Gasteiger partial charge in [-0.1, -0.05) is 19.8 Å². The molecule has 3 nitrogen and oxygen atoms in total. The maximum absolute atomic E-state index is 10.2. The molecule has 0 aliphatic rings. The van der Waals surface area contributed by atoms with Crippen molar-refractivity contribution in [3.63, 3.8) is 0 Å². The van der Waals surface area contributed by atoms with E-state index in [9.17, 15) is 4.79 Å². The maximum Gasteiger partial charge on any atom is 0.342 e. The third kappa shape index (κ3) is 8.14. The van der Waals surface area contributed by atoms with Gasteiger partial charge < -0.3 is 4.89 Å². The van der Waals surface area contributed by atoms with Crippen LogP contribution in [0.1, 0.15) is 32.6 Å². The summed E-state index contributed by atoms with van der Waals surface area (Å²) in [5.74, 6) is -0.538. The van der Waals surface area contributed by atoms with Crippen molar-refractivity contribution in [1.29, 1.82) is 0 Å². The standard InChI is InChI=1S/C6H12O3.Ti/c1-2-3-4-5-6(7)9-8;/h8H,2-5H2,1H3;. The second kappa shape index (κ2) is 9.14. The SMILES string of the molecule is CCCCCC(=O)OO.[Ti]. The Hall–Kier alpha value is 0.144. The van der Waals surface area contributed by atoms with Crippen molar-refractivity contribution >= 4 is 5.97 Å². The van der Waals surface area contributed by atoms with Gasteiger partial charge in [-0.15, -0.1) is 0 Å². The van der Waals surface area contributed by atoms with Crippen LogP contribution in [0.5, 0.6) is 0 Å². The average Bonchev–Trinajstić information content (AvgIpc) is 1.89. The van der Waals surface area contributed by atoms with Gasteiger partial charge in [0.25, 0.3) is 0 Å². The molecule has 4 heteroatoms. The number of carbonyl (C=O) groups excluding carboxylic acids is 1. The Balaban J connectivity index is 0. The van der Waals surface area contributed by atoms with E-state index in [-0.39, 0.29) is 21.7 Å². The van der Waals surface area contributed by atoms with E-state index in [2.05, 4.69) is 4.89 Å². The first kappa shape index (κ1) is 12.8. The van der Waals surface area contributed by atoms with Crippen LogP contribution in [0, 0.1) is 0 Å². The molecule has 0 unspecified atom stereocenters. The molecule has 58 valence electrons. The number of carbonyl (C=O) groups is 1. The number of unbranched alkanes of at least 4 members (excludes halogenated alkanes) is 2. The summed E-state index contributed by atoms with van der Waals surface area (Å²) >= 11 is 0. The molecule has 10 heavy (non-hydrogen) atoms. The Bertz CT molecular complexity index is 85.1. The van der Waals surface area contributed by atoms with E-state index in [0.717, 1.165) is 19.3 Å². The second-order valence-corrected chi connectivity index (χ2v) is 1.92. The topological polar surface area (TPSA) is 46.5 Å². The molecule has 0 saturated heterocycles. The Morgan fingerprint density at radius 1 is 1.50 bits per heavy atom. The van der Waals surface area contributed by atoms with Gasteiger partial charge in [-0.05, 0) is 6.42 Å². The smallest absolute Gasteiger partial charge is 0.301 e. The number of rotatable bonds is 4. The van der Waals surface area contributed by atoms with E-state index >= 15 is 0 Å². The van der Waals surface area contributed by atoms with Crippen molar-refractivity contribution in [2.24, 2.45) is 0 Å². The van der Waals surface area contributed by atoms with Gasteiger partial charge in [0.15, 0.2) is 0 Å². The predicted molar refractivity (Wildman–Crippen MR) is 32.9 cm³/mol. The van der Waals surface area contributed by atoms with Gasteiger partial charge in [0.05, 0.1) is 0 Å². The minimum Gasteiger partial charge on any atom is -0.301 e. The molecule has 0 aromatic heterocycles. The Morgan fingerprint density at radius 2 is 2.10 bits per heavy atom. The van der Waals surface area contributed by atoms with Crippen molar-refractivity contribution in [3.05, 3.63) is 0 Å². The van der Waals surface area contributed by atoms with Crippen molar-refractivity contribution in [3.8, 4) is 0 Å². The Kier molecular flexibility index (Phi) is 11.7. The van der Waals surface area contributed by atoms with Gasteiger partial charge in [0, 0.05) is 28.1 Å². The van der Waals surface area contributed by atoms with Gasteiger partial charge >= 0.3 is 5.97 Å². The summed E-state index contributed by atoms with van der Waals surface area (Å²) in [4.78, 5) is 13.7. The number of hydrogen-bond acceptors (Lipinski definition) is 3. The molecule has 0 amide bonds. The molecule has 0 atom stereocenters. The average molecular weight is 180 g/mol. The summed E-state index contributed by atoms with van der Waals surface area (Å²) in [6.45, 7) is 2.05. The zero-order chi connectivity index (χ0) is 7.11. The fourth-order valence-electron chi connectivity index (χ4n) is 0.565. The number of hydrogen-bond donors (Lipinski definition) is 1. The Labute approximate surface area is 75.6 Å². The largest absolute Gasteiger partial charge is 0.342 e. The minimum atomic E-state index is -0.538. The quantitative estimate of drug-likeness (QED) is 0.309. The molecular formula is C6H12O3Ti. The summed E-state index contributed by atoms with van der Waals surface area (Å²) in [6.07, 6.45) is 3.20. The molecule has 0 bridgehead atoms. The van der Waals surface area contributed by atoms with E-state index in [1.807, 2.05) is 6.92 Å². The molecule has 0 aromatic rings. The van der Waals surface area contributed by atoms with Crippen LogP contribution in [0.3, 0.4) is 0 Å². The molecule has 0 spiro atoms. The monoisotopic (exact) mass is 180 g/mol. The van der Waals surface area contributed by atoms with Gasteiger partial charge in [-0.2, -0.15) is 5.26 Å². The first-order chi connectivity index (χ1) is 4.31. The van der Waals surface area contributed by atoms with Gasteiger partial charge in [-0.3, -0.25) is 0 Å². The maximum atomic E-state index is 10.2. The zero-order valence-electron chi connectivity index (χ0n) is 6.09. The van der Waals surface area contributed by atoms with E-state index in [1.165, 1.54) is 0 Å². The van der Waals surface area contributed by atoms with E-state index in [1.54, 1.807) is 0 Å². The summed E-state index contributed by atoms with van der Waals surface area (Å²) in [5.41, 5.74) is 0. The van der Waals surface area contributed by atoms with Crippen LogP contribution < -0.4 is 0 Å². The predicted octanol–water partition coefficient (Wildman–Crippen LogP) is 1.58. The normalized spacial score (nSPS) is 8.20. The third-order valence-electron chi connectivity index (χ3n) is 1.09. The molecule has 0 radical (unpaired) electrons. The van der Waals surface area contributed by atoms with Crippen molar-refractivity contribution in [2.45, 2.75) is 32.6 Å². The Morgan fingerprint density at radius 3 is 2.50 bits per heavy atom. The first-order valence-corrected chi connectivity index (χ1v) is 3.15. The van der Waals surface area contributed by atoms with Crippen LogP contribution in [-0.4, -0.2) is 11.2 Å². The van der Waals surface area contributed by atoms with E-state index < -0.39 is 5.97 Å². The molecular weight excluding hydrogens is 168 g/mol. The van der Waals surface area contributed by atoms with Gasteiger partial charge in [0.2, 0.25) is 0 Å². The molecule has 0 aromatic carbocycles. The first-order valence-electron chi connectivity index (χ1n) is 3.15. The van der Waals surface area contributed by atoms with Gasteiger partial charge in [0.1, 0.15) is 0 Å². The third-order valence-corrected chi connectivity index (χ3v) is 1.09. The van der Waals surface area contributed by atoms with Gasteiger partial charge in [-0.25, -0.2) is 4.79 Å². The molecule has 0 aliphatic carbocycles. The zero-order valence-corrected chi connectivity index (χ0v) is 7.65. The molecule has 0 fully saturated rings. The van der Waals surface area contributed by atoms with Crippen LogP contribution >= 0.6 is 0 Å². The molecule has 1 N–H and O–H groups in total. The van der Waals surface area contributed by atoms with E-state index in [0.29, 0.717) is 6.42 Å². The van der Waals surface area contributed by atoms with Crippen molar-refractivity contribution in [1.82, 2.24) is 0 Å². The van der Waals surface area contributed by atoms with Crippen LogP contribution in [-0.2, 0) is 31.4 Å². The minimum absolute atomic E-state index is 0. The fourth-order valence-corrected chi connectivity index (χ4v) is 0.565. The summed E-state index contributed by atoms with van der Waals surface area (Å²) in [6, 6.07) is 0. The second-order valence-electron chi connectivity index (χ2n) is 1.92. The van der Waals surface area contributed by atoms with Crippen LogP contribution in [0.2, 0.25) is 0 Å².